The second kappa shape index (κ2) is 8.54. The van der Waals surface area contributed by atoms with Crippen LogP contribution in [0.5, 0.6) is 0 Å². The monoisotopic (exact) mass is 327 g/mol. The number of hydrogen-bond donors (Lipinski definition) is 0. The molecule has 4 nitrogen and oxygen atoms in total. The normalized spacial score (nSPS) is 21.1. The number of carbonyl (C=O) groups excluding carboxylic acids is 2. The molecule has 0 spiro atoms. The number of carbonyl (C=O) groups is 2. The Bertz CT molecular complexity index is 629. The summed E-state index contributed by atoms with van der Waals surface area (Å²) in [4.78, 5) is 25.9. The van der Waals surface area contributed by atoms with Crippen molar-refractivity contribution in [3.8, 4) is 11.8 Å². The molecular weight excluding hydrogens is 302 g/mol. The van der Waals surface area contributed by atoms with Gasteiger partial charge in [-0.25, -0.2) is 0 Å². The average Bonchev–Trinajstić information content (AvgIpc) is 2.84. The molecule has 0 bridgehead atoms. The van der Waals surface area contributed by atoms with Crippen LogP contribution in [-0.2, 0) is 14.3 Å². The lowest BCUT2D eigenvalue weighted by molar-refractivity contribution is -0.152. The quantitative estimate of drug-likeness (QED) is 0.474. The first-order chi connectivity index (χ1) is 11.5. The molecule has 24 heavy (non-hydrogen) atoms. The summed E-state index contributed by atoms with van der Waals surface area (Å²) in [6.07, 6.45) is 2.40. The number of unbranched alkanes of at least 4 members (excludes halogenated alkanes) is 2. The molecule has 1 amide bonds. The molecule has 1 aliphatic heterocycles. The topological polar surface area (TPSA) is 46.6 Å². The highest BCUT2D eigenvalue weighted by Gasteiger charge is 2.45. The molecule has 1 aliphatic rings. The van der Waals surface area contributed by atoms with E-state index in [1.54, 1.807) is 11.9 Å². The second-order valence-corrected chi connectivity index (χ2v) is 6.22. The van der Waals surface area contributed by atoms with E-state index >= 15 is 0 Å². The zero-order valence-corrected chi connectivity index (χ0v) is 14.6. The number of likely N-dealkylation sites (tertiary alicyclic amines) is 1. The molecule has 0 aromatic heterocycles. The fourth-order valence-corrected chi connectivity index (χ4v) is 3.04. The number of esters is 1. The third kappa shape index (κ3) is 4.38. The molecule has 0 saturated carbocycles. The van der Waals surface area contributed by atoms with Crippen LogP contribution in [0.25, 0.3) is 0 Å². The van der Waals surface area contributed by atoms with Gasteiger partial charge in [0.1, 0.15) is 6.10 Å². The van der Waals surface area contributed by atoms with E-state index in [9.17, 15) is 9.59 Å². The zero-order chi connectivity index (χ0) is 17.5. The van der Waals surface area contributed by atoms with Crippen LogP contribution >= 0.6 is 0 Å². The van der Waals surface area contributed by atoms with Crippen LogP contribution in [-0.4, -0.2) is 30.4 Å². The molecule has 1 saturated heterocycles. The summed E-state index contributed by atoms with van der Waals surface area (Å²) in [6.45, 7) is 4.08. The van der Waals surface area contributed by atoms with E-state index in [0.717, 1.165) is 24.8 Å². The van der Waals surface area contributed by atoms with Crippen LogP contribution in [0.2, 0.25) is 0 Å². The molecule has 1 aromatic rings. The van der Waals surface area contributed by atoms with Crippen LogP contribution in [0, 0.1) is 23.7 Å². The molecule has 1 heterocycles. The number of amides is 1. The number of ether oxygens (including phenoxy) is 1. The molecule has 3 atom stereocenters. The number of benzene rings is 1. The minimum absolute atomic E-state index is 0.0140. The van der Waals surface area contributed by atoms with Crippen molar-refractivity contribution >= 4 is 11.9 Å². The highest BCUT2D eigenvalue weighted by atomic mass is 16.5. The van der Waals surface area contributed by atoms with E-state index in [-0.39, 0.29) is 17.8 Å². The maximum Gasteiger partial charge on any atom is 0.303 e. The van der Waals surface area contributed by atoms with Gasteiger partial charge in [0.05, 0.1) is 11.8 Å². The fraction of sp³-hybridized carbons (Fsp3) is 0.500. The molecule has 128 valence electrons. The van der Waals surface area contributed by atoms with E-state index in [4.69, 9.17) is 4.74 Å². The molecular formula is C20H25NO3. The highest BCUT2D eigenvalue weighted by Crippen LogP contribution is 2.37. The van der Waals surface area contributed by atoms with Crippen LogP contribution < -0.4 is 0 Å². The maximum absolute atomic E-state index is 12.7. The molecule has 0 N–H and O–H groups in total. The van der Waals surface area contributed by atoms with E-state index in [0.29, 0.717) is 6.54 Å². The van der Waals surface area contributed by atoms with Crippen molar-refractivity contribution in [1.82, 2.24) is 4.90 Å². The predicted molar refractivity (Wildman–Crippen MR) is 92.9 cm³/mol. The van der Waals surface area contributed by atoms with E-state index in [2.05, 4.69) is 18.8 Å². The minimum Gasteiger partial charge on any atom is -0.457 e. The third-order valence-corrected chi connectivity index (χ3v) is 4.26. The first-order valence-electron chi connectivity index (χ1n) is 8.50. The van der Waals surface area contributed by atoms with Gasteiger partial charge in [-0.2, -0.15) is 0 Å². The summed E-state index contributed by atoms with van der Waals surface area (Å²) in [6, 6.07) is 9.45. The zero-order valence-electron chi connectivity index (χ0n) is 14.6. The first-order valence-corrected chi connectivity index (χ1v) is 8.50. The Labute approximate surface area is 144 Å². The van der Waals surface area contributed by atoms with Crippen molar-refractivity contribution in [1.29, 1.82) is 0 Å². The second-order valence-electron chi connectivity index (χ2n) is 6.22. The minimum atomic E-state index is -0.591. The Hall–Kier alpha value is -2.28. The van der Waals surface area contributed by atoms with Crippen molar-refractivity contribution < 1.29 is 14.3 Å². The van der Waals surface area contributed by atoms with E-state index in [1.165, 1.54) is 6.92 Å². The molecule has 2 rings (SSSR count). The lowest BCUT2D eigenvalue weighted by Gasteiger charge is -2.24. The summed E-state index contributed by atoms with van der Waals surface area (Å²) in [5.74, 6) is 5.47. The SMILES string of the molecule is CCCCC#CC1CN(C)C(=O)C1C(OC(C)=O)c1ccccc1. The van der Waals surface area contributed by atoms with Gasteiger partial charge < -0.3 is 9.64 Å². The summed E-state index contributed by atoms with van der Waals surface area (Å²) >= 11 is 0. The van der Waals surface area contributed by atoms with Crippen molar-refractivity contribution in [2.24, 2.45) is 11.8 Å². The third-order valence-electron chi connectivity index (χ3n) is 4.26. The summed E-state index contributed by atoms with van der Waals surface area (Å²) in [5, 5.41) is 0. The lowest BCUT2D eigenvalue weighted by atomic mass is 9.86. The van der Waals surface area contributed by atoms with Crippen molar-refractivity contribution in [2.75, 3.05) is 13.6 Å². The van der Waals surface area contributed by atoms with Crippen molar-refractivity contribution in [3.05, 3.63) is 35.9 Å². The Morgan fingerprint density at radius 1 is 1.38 bits per heavy atom. The predicted octanol–water partition coefficient (Wildman–Crippen LogP) is 3.19. The van der Waals surface area contributed by atoms with Gasteiger partial charge in [0.2, 0.25) is 5.91 Å². The van der Waals surface area contributed by atoms with Crippen LogP contribution in [0.15, 0.2) is 30.3 Å². The molecule has 4 heteroatoms. The Balaban J connectivity index is 2.30. The number of nitrogens with zero attached hydrogens (tertiary/aromatic N) is 1. The maximum atomic E-state index is 12.7. The van der Waals surface area contributed by atoms with Gasteiger partial charge in [-0.1, -0.05) is 49.6 Å². The van der Waals surface area contributed by atoms with Crippen LogP contribution in [0.4, 0.5) is 0 Å². The molecule has 0 aliphatic carbocycles. The molecule has 1 aromatic carbocycles. The summed E-state index contributed by atoms with van der Waals surface area (Å²) in [5.41, 5.74) is 0.835. The average molecular weight is 327 g/mol. The van der Waals surface area contributed by atoms with E-state index in [1.807, 2.05) is 30.3 Å². The van der Waals surface area contributed by atoms with Gasteiger partial charge in [0.25, 0.3) is 0 Å². The van der Waals surface area contributed by atoms with Gasteiger partial charge >= 0.3 is 5.97 Å². The van der Waals surface area contributed by atoms with Crippen LogP contribution in [0.1, 0.15) is 44.8 Å². The summed E-state index contributed by atoms with van der Waals surface area (Å²) < 4.78 is 5.54. The molecule has 1 fully saturated rings. The molecule has 0 radical (unpaired) electrons. The number of hydrogen-bond acceptors (Lipinski definition) is 3. The van der Waals surface area contributed by atoms with Gasteiger partial charge in [0, 0.05) is 26.9 Å². The number of rotatable bonds is 5. The lowest BCUT2D eigenvalue weighted by Crippen LogP contribution is -2.29. The fourth-order valence-electron chi connectivity index (χ4n) is 3.04. The largest absolute Gasteiger partial charge is 0.457 e. The van der Waals surface area contributed by atoms with Gasteiger partial charge in [-0.05, 0) is 12.0 Å². The smallest absolute Gasteiger partial charge is 0.303 e. The van der Waals surface area contributed by atoms with Crippen molar-refractivity contribution in [2.45, 2.75) is 39.2 Å². The first kappa shape index (κ1) is 18.1. The van der Waals surface area contributed by atoms with Crippen molar-refractivity contribution in [3.63, 3.8) is 0 Å². The van der Waals surface area contributed by atoms with Gasteiger partial charge in [-0.15, -0.1) is 5.92 Å². The van der Waals surface area contributed by atoms with Gasteiger partial charge in [0.15, 0.2) is 0 Å². The summed E-state index contributed by atoms with van der Waals surface area (Å²) in [7, 11) is 1.78. The van der Waals surface area contributed by atoms with Gasteiger partial charge in [-0.3, -0.25) is 9.59 Å². The highest BCUT2D eigenvalue weighted by molar-refractivity contribution is 5.83. The van der Waals surface area contributed by atoms with E-state index < -0.39 is 12.0 Å². The Morgan fingerprint density at radius 2 is 2.08 bits per heavy atom. The van der Waals surface area contributed by atoms with Crippen LogP contribution in [0.3, 0.4) is 0 Å². The Kier molecular flexibility index (Phi) is 6.43. The standard InChI is InChI=1S/C20H25NO3/c1-4-5-6-8-13-17-14-21(3)20(23)18(17)19(24-15(2)22)16-11-9-7-10-12-16/h7,9-12,17-19H,4-6,14H2,1-3H3. The molecule has 3 unspecified atom stereocenters. The Morgan fingerprint density at radius 3 is 2.71 bits per heavy atom.